The van der Waals surface area contributed by atoms with Crippen LogP contribution in [0.25, 0.3) is 11.3 Å². The molecule has 112 valence electrons. The van der Waals surface area contributed by atoms with Crippen LogP contribution in [-0.2, 0) is 6.42 Å². The van der Waals surface area contributed by atoms with Crippen molar-refractivity contribution in [2.75, 3.05) is 19.0 Å². The fourth-order valence-corrected chi connectivity index (χ4v) is 2.29. The number of hydrogen-bond acceptors (Lipinski definition) is 4. The lowest BCUT2D eigenvalue weighted by Crippen LogP contribution is -2.08. The van der Waals surface area contributed by atoms with Crippen LogP contribution in [0.5, 0.6) is 5.75 Å². The first-order chi connectivity index (χ1) is 10.2. The zero-order valence-electron chi connectivity index (χ0n) is 13.2. The van der Waals surface area contributed by atoms with E-state index in [0.29, 0.717) is 0 Å². The molecule has 4 heteroatoms. The number of nitrogens with zero attached hydrogens (tertiary/aromatic N) is 2. The summed E-state index contributed by atoms with van der Waals surface area (Å²) in [5.74, 6) is 2.65. The van der Waals surface area contributed by atoms with Crippen molar-refractivity contribution in [1.29, 1.82) is 0 Å². The highest BCUT2D eigenvalue weighted by atomic mass is 16.5. The summed E-state index contributed by atoms with van der Waals surface area (Å²) in [5.41, 5.74) is 3.11. The summed E-state index contributed by atoms with van der Waals surface area (Å²) in [6, 6.07) is 8.00. The summed E-state index contributed by atoms with van der Waals surface area (Å²) in [5, 5.41) is 3.33. The van der Waals surface area contributed by atoms with Gasteiger partial charge in [0.1, 0.15) is 17.4 Å². The van der Waals surface area contributed by atoms with Crippen LogP contribution in [0.3, 0.4) is 0 Å². The highest BCUT2D eigenvalue weighted by Crippen LogP contribution is 2.28. The Balaban J connectivity index is 2.54. The summed E-state index contributed by atoms with van der Waals surface area (Å²) in [6.07, 6.45) is 1.92. The van der Waals surface area contributed by atoms with E-state index in [-0.39, 0.29) is 0 Å². The number of nitrogens with one attached hydrogen (secondary N) is 1. The fraction of sp³-hybridized carbons (Fsp3) is 0.412. The Morgan fingerprint density at radius 3 is 2.67 bits per heavy atom. The zero-order valence-corrected chi connectivity index (χ0v) is 13.2. The Kier molecular flexibility index (Phi) is 5.14. The van der Waals surface area contributed by atoms with Gasteiger partial charge in [-0.05, 0) is 32.4 Å². The molecule has 0 fully saturated rings. The van der Waals surface area contributed by atoms with Gasteiger partial charge < -0.3 is 10.1 Å². The molecule has 0 unspecified atom stereocenters. The minimum absolute atomic E-state index is 0.840. The molecular weight excluding hydrogens is 262 g/mol. The third-order valence-corrected chi connectivity index (χ3v) is 3.35. The molecule has 1 heterocycles. The van der Waals surface area contributed by atoms with Gasteiger partial charge >= 0.3 is 0 Å². The Hall–Kier alpha value is -2.10. The molecule has 0 atom stereocenters. The second kappa shape index (κ2) is 7.07. The number of aryl methyl sites for hydroxylation is 1. The molecule has 1 aromatic carbocycles. The van der Waals surface area contributed by atoms with E-state index < -0.39 is 0 Å². The van der Waals surface area contributed by atoms with Crippen LogP contribution in [0, 0.1) is 6.92 Å². The van der Waals surface area contributed by atoms with E-state index in [0.717, 1.165) is 53.6 Å². The van der Waals surface area contributed by atoms with Crippen LogP contribution in [0.2, 0.25) is 0 Å². The number of hydrogen-bond donors (Lipinski definition) is 1. The maximum atomic E-state index is 5.31. The molecule has 0 aliphatic carbocycles. The molecule has 0 saturated carbocycles. The monoisotopic (exact) mass is 285 g/mol. The largest absolute Gasteiger partial charge is 0.497 e. The van der Waals surface area contributed by atoms with Crippen LogP contribution in [0.1, 0.15) is 31.7 Å². The highest BCUT2D eigenvalue weighted by molar-refractivity contribution is 5.69. The van der Waals surface area contributed by atoms with E-state index in [9.17, 15) is 0 Å². The fourth-order valence-electron chi connectivity index (χ4n) is 2.29. The normalized spacial score (nSPS) is 10.5. The van der Waals surface area contributed by atoms with Gasteiger partial charge in [-0.1, -0.05) is 19.1 Å². The van der Waals surface area contributed by atoms with Crippen molar-refractivity contribution >= 4 is 5.82 Å². The molecule has 2 aromatic rings. The second-order valence-corrected chi connectivity index (χ2v) is 4.97. The Morgan fingerprint density at radius 1 is 1.19 bits per heavy atom. The third-order valence-electron chi connectivity index (χ3n) is 3.35. The number of benzene rings is 1. The molecule has 2 rings (SSSR count). The van der Waals surface area contributed by atoms with E-state index in [4.69, 9.17) is 9.72 Å². The molecule has 0 saturated heterocycles. The van der Waals surface area contributed by atoms with E-state index >= 15 is 0 Å². The van der Waals surface area contributed by atoms with Gasteiger partial charge in [-0.25, -0.2) is 9.97 Å². The van der Waals surface area contributed by atoms with Crippen molar-refractivity contribution in [2.24, 2.45) is 0 Å². The number of anilines is 1. The van der Waals surface area contributed by atoms with Crippen molar-refractivity contribution in [3.63, 3.8) is 0 Å². The van der Waals surface area contributed by atoms with E-state index in [2.05, 4.69) is 37.1 Å². The Morgan fingerprint density at radius 2 is 2.00 bits per heavy atom. The summed E-state index contributed by atoms with van der Waals surface area (Å²) in [6.45, 7) is 7.12. The SMILES string of the molecule is CCCc1nc(NCC)c(C)c(-c2cccc(OC)c2)n1. The quantitative estimate of drug-likeness (QED) is 0.876. The van der Waals surface area contributed by atoms with Crippen molar-refractivity contribution < 1.29 is 4.74 Å². The predicted octanol–water partition coefficient (Wildman–Crippen LogP) is 3.84. The van der Waals surface area contributed by atoms with Crippen LogP contribution >= 0.6 is 0 Å². The lowest BCUT2D eigenvalue weighted by atomic mass is 10.1. The first-order valence-electron chi connectivity index (χ1n) is 7.45. The summed E-state index contributed by atoms with van der Waals surface area (Å²) < 4.78 is 5.31. The highest BCUT2D eigenvalue weighted by Gasteiger charge is 2.12. The predicted molar refractivity (Wildman–Crippen MR) is 86.9 cm³/mol. The van der Waals surface area contributed by atoms with Crippen molar-refractivity contribution in [2.45, 2.75) is 33.6 Å². The van der Waals surface area contributed by atoms with Gasteiger partial charge in [-0.15, -0.1) is 0 Å². The summed E-state index contributed by atoms with van der Waals surface area (Å²) in [7, 11) is 1.68. The molecule has 0 bridgehead atoms. The zero-order chi connectivity index (χ0) is 15.2. The van der Waals surface area contributed by atoms with Crippen LogP contribution in [0.15, 0.2) is 24.3 Å². The molecular formula is C17H23N3O. The summed E-state index contributed by atoms with van der Waals surface area (Å²) >= 11 is 0. The first kappa shape index (κ1) is 15.3. The second-order valence-electron chi connectivity index (χ2n) is 4.97. The number of methoxy groups -OCH3 is 1. The molecule has 21 heavy (non-hydrogen) atoms. The third kappa shape index (κ3) is 3.51. The van der Waals surface area contributed by atoms with Gasteiger partial charge in [-0.3, -0.25) is 0 Å². The topological polar surface area (TPSA) is 47.0 Å². The molecule has 1 aromatic heterocycles. The van der Waals surface area contributed by atoms with Gasteiger partial charge in [0.2, 0.25) is 0 Å². The van der Waals surface area contributed by atoms with Gasteiger partial charge in [0.05, 0.1) is 12.8 Å². The molecule has 0 aliphatic heterocycles. The van der Waals surface area contributed by atoms with Gasteiger partial charge in [0.15, 0.2) is 0 Å². The first-order valence-corrected chi connectivity index (χ1v) is 7.45. The lowest BCUT2D eigenvalue weighted by molar-refractivity contribution is 0.415. The van der Waals surface area contributed by atoms with E-state index in [1.165, 1.54) is 0 Å². The van der Waals surface area contributed by atoms with Gasteiger partial charge in [-0.2, -0.15) is 0 Å². The molecule has 4 nitrogen and oxygen atoms in total. The molecule has 0 aliphatic rings. The minimum atomic E-state index is 0.840. The van der Waals surface area contributed by atoms with Crippen LogP contribution in [-0.4, -0.2) is 23.6 Å². The molecule has 1 N–H and O–H groups in total. The molecule has 0 amide bonds. The van der Waals surface area contributed by atoms with Gasteiger partial charge in [0, 0.05) is 24.1 Å². The maximum absolute atomic E-state index is 5.31. The number of aromatic nitrogens is 2. The Bertz CT molecular complexity index is 611. The van der Waals surface area contributed by atoms with Crippen molar-refractivity contribution in [3.8, 4) is 17.0 Å². The Labute approximate surface area is 126 Å². The van der Waals surface area contributed by atoms with Crippen LogP contribution < -0.4 is 10.1 Å². The maximum Gasteiger partial charge on any atom is 0.133 e. The summed E-state index contributed by atoms with van der Waals surface area (Å²) in [4.78, 5) is 9.37. The standard InChI is InChI=1S/C17H23N3O/c1-5-8-15-19-16(12(3)17(20-15)18-6-2)13-9-7-10-14(11-13)21-4/h7,9-11H,5-6,8H2,1-4H3,(H,18,19,20). The average molecular weight is 285 g/mol. The van der Waals surface area contributed by atoms with E-state index in [1.54, 1.807) is 7.11 Å². The van der Waals surface area contributed by atoms with E-state index in [1.807, 2.05) is 18.2 Å². The minimum Gasteiger partial charge on any atom is -0.497 e. The number of ether oxygens (including phenoxy) is 1. The van der Waals surface area contributed by atoms with Crippen LogP contribution in [0.4, 0.5) is 5.82 Å². The van der Waals surface area contributed by atoms with Gasteiger partial charge in [0.25, 0.3) is 0 Å². The van der Waals surface area contributed by atoms with Crippen molar-refractivity contribution in [1.82, 2.24) is 9.97 Å². The number of rotatable bonds is 6. The lowest BCUT2D eigenvalue weighted by Gasteiger charge is -2.14. The smallest absolute Gasteiger partial charge is 0.133 e. The molecule has 0 spiro atoms. The average Bonchev–Trinajstić information content (AvgIpc) is 2.51. The molecule has 0 radical (unpaired) electrons. The van der Waals surface area contributed by atoms with Crippen molar-refractivity contribution in [3.05, 3.63) is 35.7 Å².